The number of nitrogens with one attached hydrogen (secondary N) is 3. The maximum atomic E-state index is 13.3. The van der Waals surface area contributed by atoms with Crippen LogP contribution in [0.1, 0.15) is 30.4 Å². The molecular formula is C26H34ClN5O6. The molecule has 4 atom stereocenters. The van der Waals surface area contributed by atoms with Gasteiger partial charge in [-0.3, -0.25) is 14.4 Å². The lowest BCUT2D eigenvalue weighted by atomic mass is 9.95. The fourth-order valence-electron chi connectivity index (χ4n) is 4.30. The minimum Gasteiger partial charge on any atom is -0.508 e. The molecule has 38 heavy (non-hydrogen) atoms. The SMILES string of the molecule is Cl.NC[C@H](O)C[C@H]1NC(=O)[C@@H](N)Cc2cc(ccc2O)-c2ccc(O)c(c2)C[C@H](C(=O)NC2CC2)NC1=O. The van der Waals surface area contributed by atoms with Gasteiger partial charge in [-0.05, 0) is 59.4 Å². The van der Waals surface area contributed by atoms with Gasteiger partial charge >= 0.3 is 0 Å². The van der Waals surface area contributed by atoms with Gasteiger partial charge in [-0.1, -0.05) is 12.1 Å². The van der Waals surface area contributed by atoms with E-state index in [9.17, 15) is 29.7 Å². The quantitative estimate of drug-likeness (QED) is 0.246. The van der Waals surface area contributed by atoms with Crippen LogP contribution in [-0.4, -0.2) is 69.9 Å². The molecule has 0 saturated heterocycles. The Bertz CT molecular complexity index is 1190. The molecule has 206 valence electrons. The van der Waals surface area contributed by atoms with E-state index >= 15 is 0 Å². The van der Waals surface area contributed by atoms with E-state index in [1.165, 1.54) is 12.1 Å². The van der Waals surface area contributed by atoms with Crippen molar-refractivity contribution in [1.82, 2.24) is 16.0 Å². The van der Waals surface area contributed by atoms with Gasteiger partial charge in [0.15, 0.2) is 0 Å². The van der Waals surface area contributed by atoms with Crippen LogP contribution >= 0.6 is 12.4 Å². The summed E-state index contributed by atoms with van der Waals surface area (Å²) in [7, 11) is 0. The number of aromatic hydroxyl groups is 2. The molecular weight excluding hydrogens is 514 g/mol. The van der Waals surface area contributed by atoms with Crippen LogP contribution in [0, 0.1) is 0 Å². The van der Waals surface area contributed by atoms with Gasteiger partial charge in [-0.25, -0.2) is 0 Å². The molecule has 12 heteroatoms. The molecule has 2 aromatic rings. The third kappa shape index (κ3) is 7.13. The Morgan fingerprint density at radius 2 is 1.55 bits per heavy atom. The molecule has 0 aromatic heterocycles. The molecule has 4 rings (SSSR count). The number of rotatable bonds is 5. The summed E-state index contributed by atoms with van der Waals surface area (Å²) in [6.07, 6.45) is 0.366. The second-order valence-corrected chi connectivity index (χ2v) is 9.73. The van der Waals surface area contributed by atoms with Gasteiger partial charge in [0.2, 0.25) is 17.7 Å². The zero-order valence-electron chi connectivity index (χ0n) is 20.7. The molecule has 1 saturated carbocycles. The Morgan fingerprint density at radius 1 is 0.974 bits per heavy atom. The van der Waals surface area contributed by atoms with Gasteiger partial charge < -0.3 is 42.7 Å². The number of phenols is 2. The molecule has 11 nitrogen and oxygen atoms in total. The van der Waals surface area contributed by atoms with Crippen LogP contribution in [0.15, 0.2) is 36.4 Å². The fourth-order valence-corrected chi connectivity index (χ4v) is 4.30. The third-order valence-electron chi connectivity index (χ3n) is 6.66. The van der Waals surface area contributed by atoms with E-state index in [0.717, 1.165) is 12.8 Å². The fraction of sp³-hybridized carbons (Fsp3) is 0.423. The number of amides is 3. The van der Waals surface area contributed by atoms with Crippen LogP contribution < -0.4 is 27.4 Å². The number of aliphatic hydroxyl groups excluding tert-OH is 1. The Balaban J connectivity index is 0.00000400. The Labute approximate surface area is 226 Å². The zero-order valence-corrected chi connectivity index (χ0v) is 21.5. The predicted octanol–water partition coefficient (Wildman–Crippen LogP) is -0.430. The highest BCUT2D eigenvalue weighted by Crippen LogP contribution is 2.31. The number of hydrogen-bond acceptors (Lipinski definition) is 8. The first kappa shape index (κ1) is 29.2. The van der Waals surface area contributed by atoms with Crippen molar-refractivity contribution >= 4 is 30.1 Å². The molecule has 2 aromatic carbocycles. The average Bonchev–Trinajstić information content (AvgIpc) is 3.68. The topological polar surface area (TPSA) is 200 Å². The first-order valence-electron chi connectivity index (χ1n) is 12.3. The van der Waals surface area contributed by atoms with E-state index in [2.05, 4.69) is 16.0 Å². The number of phenolic OH excluding ortho intramolecular Hbond substituents is 2. The van der Waals surface area contributed by atoms with Crippen molar-refractivity contribution in [3.8, 4) is 22.6 Å². The minimum atomic E-state index is -1.22. The average molecular weight is 548 g/mol. The Hall–Kier alpha value is -3.38. The number of benzene rings is 2. The highest BCUT2D eigenvalue weighted by atomic mass is 35.5. The molecule has 1 aliphatic heterocycles. The Morgan fingerprint density at radius 3 is 2.11 bits per heavy atom. The van der Waals surface area contributed by atoms with Crippen molar-refractivity contribution in [2.75, 3.05) is 6.54 Å². The lowest BCUT2D eigenvalue weighted by Gasteiger charge is -2.25. The standard InChI is InChI=1S/C26H33N5O6.ClH/c27-12-18(32)11-21-26(37)31-20(25(36)29-17-3-4-17)10-16-8-14(2-6-23(16)34)13-1-5-22(33)15(7-13)9-19(28)24(35)30-21;/h1-2,5-8,17-21,32-34H,3-4,9-12,27-28H2,(H,29,36)(H,30,35)(H,31,37);1H/t18-,19+,20-,21-;/m1./s1. The van der Waals surface area contributed by atoms with Crippen molar-refractivity contribution in [2.45, 2.75) is 62.4 Å². The normalized spacial score (nSPS) is 22.6. The van der Waals surface area contributed by atoms with Crippen LogP contribution in [-0.2, 0) is 27.2 Å². The summed E-state index contributed by atoms with van der Waals surface area (Å²) in [5, 5.41) is 39.2. The molecule has 1 aliphatic carbocycles. The van der Waals surface area contributed by atoms with E-state index in [1.807, 2.05) is 0 Å². The van der Waals surface area contributed by atoms with E-state index in [0.29, 0.717) is 22.3 Å². The van der Waals surface area contributed by atoms with Crippen molar-refractivity contribution in [3.63, 3.8) is 0 Å². The number of nitrogens with two attached hydrogens (primary N) is 2. The first-order chi connectivity index (χ1) is 17.6. The lowest BCUT2D eigenvalue weighted by Crippen LogP contribution is -2.57. The highest BCUT2D eigenvalue weighted by Gasteiger charge is 2.33. The first-order valence-corrected chi connectivity index (χ1v) is 12.3. The van der Waals surface area contributed by atoms with Crippen molar-refractivity contribution < 1.29 is 29.7 Å². The highest BCUT2D eigenvalue weighted by molar-refractivity contribution is 5.93. The third-order valence-corrected chi connectivity index (χ3v) is 6.66. The summed E-state index contributed by atoms with van der Waals surface area (Å²) in [6, 6.07) is 6.45. The van der Waals surface area contributed by atoms with Crippen LogP contribution in [0.4, 0.5) is 0 Å². The number of carbonyl (C=O) groups is 3. The number of carbonyl (C=O) groups excluding carboxylic acids is 3. The van der Waals surface area contributed by atoms with Gasteiger partial charge in [0.05, 0.1) is 12.1 Å². The maximum Gasteiger partial charge on any atom is 0.243 e. The maximum absolute atomic E-state index is 13.3. The van der Waals surface area contributed by atoms with Crippen LogP contribution in [0.25, 0.3) is 11.1 Å². The van der Waals surface area contributed by atoms with Crippen LogP contribution in [0.3, 0.4) is 0 Å². The van der Waals surface area contributed by atoms with E-state index in [1.54, 1.807) is 24.3 Å². The van der Waals surface area contributed by atoms with Gasteiger partial charge in [0.25, 0.3) is 0 Å². The Kier molecular flexibility index (Phi) is 9.55. The van der Waals surface area contributed by atoms with Gasteiger partial charge in [-0.2, -0.15) is 0 Å². The number of fused-ring (bicyclic) bond motifs is 5. The molecule has 0 radical (unpaired) electrons. The van der Waals surface area contributed by atoms with E-state index in [4.69, 9.17) is 11.5 Å². The van der Waals surface area contributed by atoms with Gasteiger partial charge in [0, 0.05) is 31.8 Å². The predicted molar refractivity (Wildman–Crippen MR) is 143 cm³/mol. The zero-order chi connectivity index (χ0) is 26.7. The van der Waals surface area contributed by atoms with Crippen molar-refractivity contribution in [3.05, 3.63) is 47.5 Å². The van der Waals surface area contributed by atoms with Crippen molar-refractivity contribution in [1.29, 1.82) is 0 Å². The molecule has 1 fully saturated rings. The summed E-state index contributed by atoms with van der Waals surface area (Å²) < 4.78 is 0. The van der Waals surface area contributed by atoms with E-state index in [-0.39, 0.29) is 55.8 Å². The molecule has 1 heterocycles. The molecule has 0 unspecified atom stereocenters. The molecule has 4 bridgehead atoms. The summed E-state index contributed by atoms with van der Waals surface area (Å²) in [5.74, 6) is -1.87. The monoisotopic (exact) mass is 547 g/mol. The number of aliphatic hydroxyl groups is 1. The summed E-state index contributed by atoms with van der Waals surface area (Å²) in [5.41, 5.74) is 13.9. The molecule has 10 N–H and O–H groups in total. The molecule has 0 spiro atoms. The van der Waals surface area contributed by atoms with Crippen molar-refractivity contribution in [2.24, 2.45) is 11.5 Å². The minimum absolute atomic E-state index is 0. The van der Waals surface area contributed by atoms with E-state index < -0.39 is 42.0 Å². The second-order valence-electron chi connectivity index (χ2n) is 9.73. The van der Waals surface area contributed by atoms with Crippen LogP contribution in [0.2, 0.25) is 0 Å². The van der Waals surface area contributed by atoms with Gasteiger partial charge in [-0.15, -0.1) is 12.4 Å². The second kappa shape index (κ2) is 12.4. The summed E-state index contributed by atoms with van der Waals surface area (Å²) in [4.78, 5) is 39.3. The van der Waals surface area contributed by atoms with Crippen LogP contribution in [0.5, 0.6) is 11.5 Å². The van der Waals surface area contributed by atoms with Gasteiger partial charge in [0.1, 0.15) is 23.6 Å². The largest absolute Gasteiger partial charge is 0.508 e. The number of hydrogen-bond donors (Lipinski definition) is 8. The lowest BCUT2D eigenvalue weighted by molar-refractivity contribution is -0.133. The number of halogens is 1. The molecule has 2 aliphatic rings. The molecule has 3 amide bonds. The smallest absolute Gasteiger partial charge is 0.243 e. The summed E-state index contributed by atoms with van der Waals surface area (Å²) >= 11 is 0. The summed E-state index contributed by atoms with van der Waals surface area (Å²) in [6.45, 7) is -0.140.